The summed E-state index contributed by atoms with van der Waals surface area (Å²) in [5, 5.41) is 32.0. The molecule has 5 heterocycles. The molecule has 3 aliphatic heterocycles. The number of ketones is 2. The van der Waals surface area contributed by atoms with Crippen molar-refractivity contribution in [3.63, 3.8) is 0 Å². The number of carbonyl (C=O) groups is 10. The van der Waals surface area contributed by atoms with E-state index in [-0.39, 0.29) is 158 Å². The number of aromatic nitrogens is 2. The number of ether oxygens (including phenoxy) is 4. The maximum atomic E-state index is 15.5. The van der Waals surface area contributed by atoms with Crippen molar-refractivity contribution in [1.29, 1.82) is 0 Å². The third-order valence-electron chi connectivity index (χ3n) is 16.7. The molecule has 4 aromatic rings. The minimum Gasteiger partial charge on any atom is -0.458 e. The fraction of sp³-hybridized carbons (Fsp3) is 0.508. The lowest BCUT2D eigenvalue weighted by atomic mass is 9.81. The van der Waals surface area contributed by atoms with Gasteiger partial charge in [0.05, 0.1) is 100 Å². The first-order chi connectivity index (χ1) is 43.8. The molecule has 0 spiro atoms. The molecule has 0 saturated carbocycles. The van der Waals surface area contributed by atoms with Gasteiger partial charge in [0.1, 0.15) is 12.4 Å². The van der Waals surface area contributed by atoms with Gasteiger partial charge in [0, 0.05) is 92.9 Å². The van der Waals surface area contributed by atoms with Crippen LogP contribution < -0.4 is 26.8 Å². The molecule has 8 rings (SSSR count). The SMILES string of the molecule is CC[C@@]1(O)C(=O)OCc2c1cc1n(c2=O)Cc2c-1nc1cc(F)c(C)c3c1c2[C@@H](NC(=O)CCCNC(=O)CCC(=O)[C@H](Cc1ccccc1)NC(=O)CCC(=O)CNC(=O)CN(CCOCCOCCOCCO)C(=O)CCCCCN1C(=O)C=CC1=O)CC3. The normalized spacial score (nSPS) is 16.4. The lowest BCUT2D eigenvalue weighted by Gasteiger charge is -2.31. The number of halogens is 1. The van der Waals surface area contributed by atoms with Crippen LogP contribution in [0.15, 0.2) is 59.4 Å². The highest BCUT2D eigenvalue weighted by Crippen LogP contribution is 2.46. The number of aliphatic hydroxyl groups is 2. The summed E-state index contributed by atoms with van der Waals surface area (Å²) in [5.41, 5.74) is 2.13. The van der Waals surface area contributed by atoms with Crippen molar-refractivity contribution in [3.8, 4) is 11.4 Å². The van der Waals surface area contributed by atoms with Gasteiger partial charge in [0.15, 0.2) is 17.2 Å². The molecule has 3 atom stereocenters. The summed E-state index contributed by atoms with van der Waals surface area (Å²) in [7, 11) is 0. The van der Waals surface area contributed by atoms with Gasteiger partial charge in [0.2, 0.25) is 29.5 Å². The summed E-state index contributed by atoms with van der Waals surface area (Å²) in [6.45, 7) is 3.78. The van der Waals surface area contributed by atoms with Gasteiger partial charge in [-0.1, -0.05) is 43.7 Å². The smallest absolute Gasteiger partial charge is 0.343 e. The number of imide groups is 1. The molecule has 1 aliphatic carbocycles. The van der Waals surface area contributed by atoms with E-state index in [2.05, 4.69) is 21.3 Å². The first-order valence-electron chi connectivity index (χ1n) is 31.0. The number of amides is 7. The molecule has 91 heavy (non-hydrogen) atoms. The zero-order valence-electron chi connectivity index (χ0n) is 51.3. The average molecular weight is 1260 g/mol. The number of esters is 1. The van der Waals surface area contributed by atoms with Gasteiger partial charge in [-0.05, 0) is 80.2 Å². The second kappa shape index (κ2) is 32.5. The third kappa shape index (κ3) is 17.5. The molecule has 2 aromatic heterocycles. The monoisotopic (exact) mass is 1260 g/mol. The second-order valence-corrected chi connectivity index (χ2v) is 22.9. The third-order valence-corrected chi connectivity index (χ3v) is 16.7. The number of rotatable bonds is 37. The molecule has 0 radical (unpaired) electrons. The number of aryl methyl sites for hydroxylation is 1. The molecule has 4 aliphatic rings. The van der Waals surface area contributed by atoms with E-state index in [9.17, 15) is 57.8 Å². The van der Waals surface area contributed by atoms with Gasteiger partial charge < -0.3 is 59.9 Å². The Labute approximate surface area is 524 Å². The number of aliphatic hydroxyl groups excluding tert-OH is 1. The van der Waals surface area contributed by atoms with Crippen molar-refractivity contribution in [3.05, 3.63) is 110 Å². The summed E-state index contributed by atoms with van der Waals surface area (Å²) < 4.78 is 38.4. The standard InChI is InChI=1S/C65H79FN8O17/c1-3-65(87)46-34-51-62-44(37-74(51)63(85)45(46)39-91-64(65)86)61-48(17-16-43-40(2)47(66)35-50(71-62)60(43)61)69-54(79)13-10-23-67-53(78)20-18-52(77)49(33-41-11-6-4-7-12-41)70-55(80)19-15-42(76)36-68-56(81)38-72(25-27-88-29-31-90-32-30-89-28-26-75)57(82)14-8-5-9-24-73-58(83)21-22-59(73)84/h4,6-7,11-12,21-22,34-35,48-49,75,87H,3,5,8-10,13-20,23-33,36-39H2,1-2H3,(H,67,78)(H,68,81)(H,69,79)(H,70,80)/t48-,49-,65-/m0/s1. The van der Waals surface area contributed by atoms with E-state index >= 15 is 4.39 Å². The van der Waals surface area contributed by atoms with Crippen LogP contribution in [0.25, 0.3) is 22.3 Å². The number of pyridine rings is 2. The average Bonchev–Trinajstić information content (AvgIpc) is 1.62. The first-order valence-corrected chi connectivity index (χ1v) is 31.0. The quantitative estimate of drug-likeness (QED) is 0.0189. The highest BCUT2D eigenvalue weighted by Gasteiger charge is 2.46. The predicted molar refractivity (Wildman–Crippen MR) is 325 cm³/mol. The van der Waals surface area contributed by atoms with E-state index in [1.54, 1.807) is 50.2 Å². The predicted octanol–water partition coefficient (Wildman–Crippen LogP) is 2.43. The van der Waals surface area contributed by atoms with Crippen LogP contribution in [0, 0.1) is 12.7 Å². The van der Waals surface area contributed by atoms with E-state index in [0.717, 1.165) is 16.0 Å². The van der Waals surface area contributed by atoms with E-state index in [4.69, 9.17) is 29.0 Å². The molecular weight excluding hydrogens is 1180 g/mol. The number of Topliss-reactive ketones (excluding diaryl/α,β-unsaturated/α-hetero) is 2. The van der Waals surface area contributed by atoms with Gasteiger partial charge in [-0.3, -0.25) is 52.8 Å². The Hall–Kier alpha value is -8.43. The van der Waals surface area contributed by atoms with E-state index in [1.807, 2.05) is 0 Å². The number of benzene rings is 2. The zero-order chi connectivity index (χ0) is 65.2. The molecule has 488 valence electrons. The number of carbonyl (C=O) groups excluding carboxylic acids is 10. The molecule has 7 amide bonds. The van der Waals surface area contributed by atoms with Crippen LogP contribution in [0.2, 0.25) is 0 Å². The van der Waals surface area contributed by atoms with Gasteiger partial charge in [0.25, 0.3) is 17.4 Å². The molecule has 0 unspecified atom stereocenters. The minimum atomic E-state index is -2.05. The van der Waals surface area contributed by atoms with Crippen LogP contribution in [0.5, 0.6) is 0 Å². The Morgan fingerprint density at radius 3 is 2.24 bits per heavy atom. The summed E-state index contributed by atoms with van der Waals surface area (Å²) in [5.74, 6) is -5.39. The van der Waals surface area contributed by atoms with Crippen LogP contribution in [0.4, 0.5) is 4.39 Å². The van der Waals surface area contributed by atoms with Crippen molar-refractivity contribution in [2.24, 2.45) is 0 Å². The maximum Gasteiger partial charge on any atom is 0.343 e. The Bertz CT molecular complexity index is 3480. The molecule has 25 nitrogen and oxygen atoms in total. The molecule has 0 bridgehead atoms. The van der Waals surface area contributed by atoms with Crippen molar-refractivity contribution in [1.82, 2.24) is 40.6 Å². The molecule has 2 aromatic carbocycles. The minimum absolute atomic E-state index is 0.00775. The molecule has 26 heteroatoms. The van der Waals surface area contributed by atoms with Crippen molar-refractivity contribution >= 4 is 69.8 Å². The maximum absolute atomic E-state index is 15.5. The largest absolute Gasteiger partial charge is 0.458 e. The zero-order valence-corrected chi connectivity index (χ0v) is 51.3. The van der Waals surface area contributed by atoms with Crippen LogP contribution in [-0.4, -0.2) is 173 Å². The summed E-state index contributed by atoms with van der Waals surface area (Å²) in [6, 6.07) is 10.2. The molecular formula is C65H79FN8O17. The van der Waals surface area contributed by atoms with Gasteiger partial charge in [-0.2, -0.15) is 0 Å². The highest BCUT2D eigenvalue weighted by molar-refractivity contribution is 6.12. The fourth-order valence-electron chi connectivity index (χ4n) is 11.7. The van der Waals surface area contributed by atoms with E-state index in [0.29, 0.717) is 84.3 Å². The number of hydrogen-bond donors (Lipinski definition) is 6. The van der Waals surface area contributed by atoms with E-state index in [1.165, 1.54) is 27.7 Å². The van der Waals surface area contributed by atoms with Crippen LogP contribution in [0.1, 0.15) is 129 Å². The van der Waals surface area contributed by atoms with Crippen molar-refractivity contribution in [2.75, 3.05) is 79.0 Å². The van der Waals surface area contributed by atoms with Crippen LogP contribution in [0.3, 0.4) is 0 Å². The topological polar surface area (TPSA) is 338 Å². The molecule has 6 N–H and O–H groups in total. The summed E-state index contributed by atoms with van der Waals surface area (Å²) >= 11 is 0. The molecule has 0 saturated heterocycles. The van der Waals surface area contributed by atoms with Crippen molar-refractivity contribution in [2.45, 2.75) is 135 Å². The Balaban J connectivity index is 0.782. The summed E-state index contributed by atoms with van der Waals surface area (Å²) in [4.78, 5) is 151. The van der Waals surface area contributed by atoms with Gasteiger partial charge in [-0.15, -0.1) is 0 Å². The number of hydrogen-bond acceptors (Lipinski definition) is 18. The van der Waals surface area contributed by atoms with Crippen molar-refractivity contribution < 1.29 is 81.5 Å². The van der Waals surface area contributed by atoms with Gasteiger partial charge in [-0.25, -0.2) is 14.2 Å². The fourth-order valence-corrected chi connectivity index (χ4v) is 11.7. The number of unbranched alkanes of at least 4 members (excludes halogenated alkanes) is 2. The lowest BCUT2D eigenvalue weighted by Crippen LogP contribution is -2.44. The van der Waals surface area contributed by atoms with Crippen LogP contribution in [-0.2, 0) is 98.5 Å². The Kier molecular flexibility index (Phi) is 24.5. The summed E-state index contributed by atoms with van der Waals surface area (Å²) in [6.07, 6.45) is 3.99. The van der Waals surface area contributed by atoms with Gasteiger partial charge >= 0.3 is 5.97 Å². The Morgan fingerprint density at radius 1 is 0.802 bits per heavy atom. The first kappa shape index (κ1) is 68.5. The number of nitrogens with zero attached hydrogens (tertiary/aromatic N) is 4. The number of nitrogens with one attached hydrogen (secondary N) is 4. The molecule has 0 fully saturated rings. The van der Waals surface area contributed by atoms with E-state index < -0.39 is 77.4 Å². The number of cyclic esters (lactones) is 1. The highest BCUT2D eigenvalue weighted by atomic mass is 19.1. The second-order valence-electron chi connectivity index (χ2n) is 22.9. The number of fused-ring (bicyclic) bond motifs is 5. The van der Waals surface area contributed by atoms with Crippen LogP contribution >= 0.6 is 0 Å². The lowest BCUT2D eigenvalue weighted by molar-refractivity contribution is -0.172. The Morgan fingerprint density at radius 2 is 1.52 bits per heavy atom.